The van der Waals surface area contributed by atoms with E-state index in [0.717, 1.165) is 17.0 Å². The molecule has 0 amide bonds. The van der Waals surface area contributed by atoms with E-state index >= 15 is 0 Å². The average molecular weight is 255 g/mol. The fraction of sp³-hybridized carbons (Fsp3) is 0.333. The highest BCUT2D eigenvalue weighted by molar-refractivity contribution is 5.72. The predicted octanol–water partition coefficient (Wildman–Crippen LogP) is 3.09. The van der Waals surface area contributed by atoms with E-state index in [4.69, 9.17) is 10.00 Å². The van der Waals surface area contributed by atoms with Gasteiger partial charge in [0.2, 0.25) is 0 Å². The first-order valence-electron chi connectivity index (χ1n) is 6.18. The van der Waals surface area contributed by atoms with Crippen molar-refractivity contribution >= 4 is 0 Å². The Kier molecular flexibility index (Phi) is 3.57. The van der Waals surface area contributed by atoms with Gasteiger partial charge in [-0.2, -0.15) is 5.26 Å². The molecule has 0 unspecified atom stereocenters. The van der Waals surface area contributed by atoms with Gasteiger partial charge < -0.3 is 9.30 Å². The Morgan fingerprint density at radius 2 is 2.11 bits per heavy atom. The average Bonchev–Trinajstić information content (AvgIpc) is 2.78. The van der Waals surface area contributed by atoms with Crippen molar-refractivity contribution in [3.05, 3.63) is 35.8 Å². The maximum Gasteiger partial charge on any atom is 0.166 e. The van der Waals surface area contributed by atoms with Crippen LogP contribution in [0.25, 0.3) is 11.3 Å². The standard InChI is InChI=1S/C15H17N3O/c1-10(2)11-5-6-12(14(7-11)19-4)15-13(8-16)17-9-18(15)3/h5-7,9-10H,1-4H3. The molecule has 4 nitrogen and oxygen atoms in total. The highest BCUT2D eigenvalue weighted by Gasteiger charge is 2.16. The molecule has 1 aromatic heterocycles. The number of aromatic nitrogens is 2. The Hall–Kier alpha value is -2.28. The van der Waals surface area contributed by atoms with E-state index in [0.29, 0.717) is 11.6 Å². The molecule has 0 N–H and O–H groups in total. The molecular formula is C15H17N3O. The Morgan fingerprint density at radius 3 is 2.68 bits per heavy atom. The second-order valence-electron chi connectivity index (χ2n) is 4.78. The molecule has 19 heavy (non-hydrogen) atoms. The van der Waals surface area contributed by atoms with Crippen LogP contribution in [0.5, 0.6) is 5.75 Å². The van der Waals surface area contributed by atoms with Crippen LogP contribution in [0.15, 0.2) is 24.5 Å². The van der Waals surface area contributed by atoms with Crippen LogP contribution in [0.3, 0.4) is 0 Å². The quantitative estimate of drug-likeness (QED) is 0.846. The monoisotopic (exact) mass is 255 g/mol. The Balaban J connectivity index is 2.63. The largest absolute Gasteiger partial charge is 0.496 e. The topological polar surface area (TPSA) is 50.8 Å². The molecule has 2 rings (SSSR count). The number of hydrogen-bond donors (Lipinski definition) is 0. The second kappa shape index (κ2) is 5.15. The molecule has 2 aromatic rings. The third-order valence-electron chi connectivity index (χ3n) is 3.19. The first kappa shape index (κ1) is 13.2. The molecule has 4 heteroatoms. The Bertz CT molecular complexity index is 635. The number of aryl methyl sites for hydroxylation is 1. The Labute approximate surface area is 113 Å². The van der Waals surface area contributed by atoms with Gasteiger partial charge >= 0.3 is 0 Å². The van der Waals surface area contributed by atoms with Crippen LogP contribution in [0.4, 0.5) is 0 Å². The maximum absolute atomic E-state index is 9.13. The fourth-order valence-corrected chi connectivity index (χ4v) is 2.09. The van der Waals surface area contributed by atoms with Gasteiger partial charge in [-0.1, -0.05) is 19.9 Å². The zero-order chi connectivity index (χ0) is 14.0. The molecule has 0 spiro atoms. The summed E-state index contributed by atoms with van der Waals surface area (Å²) in [6.45, 7) is 4.28. The lowest BCUT2D eigenvalue weighted by molar-refractivity contribution is 0.415. The van der Waals surface area contributed by atoms with E-state index < -0.39 is 0 Å². The maximum atomic E-state index is 9.13. The minimum atomic E-state index is 0.415. The predicted molar refractivity (Wildman–Crippen MR) is 74.0 cm³/mol. The molecule has 1 heterocycles. The summed E-state index contributed by atoms with van der Waals surface area (Å²) in [6, 6.07) is 8.20. The fourth-order valence-electron chi connectivity index (χ4n) is 2.09. The minimum Gasteiger partial charge on any atom is -0.496 e. The van der Waals surface area contributed by atoms with Crippen molar-refractivity contribution in [2.24, 2.45) is 7.05 Å². The minimum absolute atomic E-state index is 0.415. The van der Waals surface area contributed by atoms with Crippen molar-refractivity contribution in [3.8, 4) is 23.1 Å². The van der Waals surface area contributed by atoms with Gasteiger partial charge in [-0.15, -0.1) is 0 Å². The number of imidazole rings is 1. The van der Waals surface area contributed by atoms with E-state index in [1.54, 1.807) is 13.4 Å². The van der Waals surface area contributed by atoms with E-state index in [2.05, 4.69) is 31.0 Å². The summed E-state index contributed by atoms with van der Waals surface area (Å²) in [4.78, 5) is 4.09. The molecule has 0 aliphatic rings. The van der Waals surface area contributed by atoms with Crippen LogP contribution in [0, 0.1) is 11.3 Å². The Morgan fingerprint density at radius 1 is 1.37 bits per heavy atom. The van der Waals surface area contributed by atoms with Crippen LogP contribution in [-0.2, 0) is 7.05 Å². The van der Waals surface area contributed by atoms with Crippen molar-refractivity contribution < 1.29 is 4.74 Å². The van der Waals surface area contributed by atoms with Crippen LogP contribution < -0.4 is 4.74 Å². The van der Waals surface area contributed by atoms with Gasteiger partial charge in [-0.3, -0.25) is 0 Å². The molecular weight excluding hydrogens is 238 g/mol. The molecule has 0 fully saturated rings. The van der Waals surface area contributed by atoms with Gasteiger partial charge in [-0.25, -0.2) is 4.98 Å². The summed E-state index contributed by atoms with van der Waals surface area (Å²) in [5.41, 5.74) is 3.30. The lowest BCUT2D eigenvalue weighted by Gasteiger charge is -2.13. The van der Waals surface area contributed by atoms with Crippen molar-refractivity contribution in [1.82, 2.24) is 9.55 Å². The molecule has 0 saturated heterocycles. The lowest BCUT2D eigenvalue weighted by Crippen LogP contribution is -1.97. The zero-order valence-corrected chi connectivity index (χ0v) is 11.6. The van der Waals surface area contributed by atoms with Crippen LogP contribution >= 0.6 is 0 Å². The number of hydrogen-bond acceptors (Lipinski definition) is 3. The number of benzene rings is 1. The van der Waals surface area contributed by atoms with E-state index in [1.807, 2.05) is 23.7 Å². The SMILES string of the molecule is COc1cc(C(C)C)ccc1-c1c(C#N)ncn1C. The third-order valence-corrected chi connectivity index (χ3v) is 3.19. The molecule has 0 radical (unpaired) electrons. The molecule has 98 valence electrons. The van der Waals surface area contributed by atoms with Crippen LogP contribution in [0.1, 0.15) is 31.0 Å². The van der Waals surface area contributed by atoms with E-state index in [-0.39, 0.29) is 0 Å². The summed E-state index contributed by atoms with van der Waals surface area (Å²) in [7, 11) is 3.52. The molecule has 0 saturated carbocycles. The molecule has 0 aliphatic heterocycles. The van der Waals surface area contributed by atoms with Gasteiger partial charge in [0, 0.05) is 12.6 Å². The van der Waals surface area contributed by atoms with E-state index in [9.17, 15) is 0 Å². The highest BCUT2D eigenvalue weighted by Crippen LogP contribution is 2.34. The summed E-state index contributed by atoms with van der Waals surface area (Å²) in [5, 5.41) is 9.13. The highest BCUT2D eigenvalue weighted by atomic mass is 16.5. The summed E-state index contributed by atoms with van der Waals surface area (Å²) >= 11 is 0. The van der Waals surface area contributed by atoms with Gasteiger partial charge in [0.15, 0.2) is 5.69 Å². The number of ether oxygens (including phenoxy) is 1. The van der Waals surface area contributed by atoms with Crippen LogP contribution in [0.2, 0.25) is 0 Å². The second-order valence-corrected chi connectivity index (χ2v) is 4.78. The zero-order valence-electron chi connectivity index (χ0n) is 11.6. The van der Waals surface area contributed by atoms with Gasteiger partial charge in [0.25, 0.3) is 0 Å². The molecule has 0 aliphatic carbocycles. The molecule has 0 atom stereocenters. The summed E-state index contributed by atoms with van der Waals surface area (Å²) < 4.78 is 7.30. The summed E-state index contributed by atoms with van der Waals surface area (Å²) in [6.07, 6.45) is 1.64. The smallest absolute Gasteiger partial charge is 0.166 e. The van der Waals surface area contributed by atoms with Crippen molar-refractivity contribution in [2.45, 2.75) is 19.8 Å². The molecule has 0 bridgehead atoms. The normalized spacial score (nSPS) is 10.5. The number of nitriles is 1. The van der Waals surface area contributed by atoms with Gasteiger partial charge in [-0.05, 0) is 23.6 Å². The molecule has 1 aromatic carbocycles. The summed E-state index contributed by atoms with van der Waals surface area (Å²) in [5.74, 6) is 1.20. The van der Waals surface area contributed by atoms with E-state index in [1.165, 1.54) is 5.56 Å². The van der Waals surface area contributed by atoms with Crippen molar-refractivity contribution in [3.63, 3.8) is 0 Å². The number of rotatable bonds is 3. The van der Waals surface area contributed by atoms with Gasteiger partial charge in [0.1, 0.15) is 11.8 Å². The number of nitrogens with zero attached hydrogens (tertiary/aromatic N) is 3. The first-order valence-corrected chi connectivity index (χ1v) is 6.18. The van der Waals surface area contributed by atoms with Crippen molar-refractivity contribution in [1.29, 1.82) is 5.26 Å². The lowest BCUT2D eigenvalue weighted by atomic mass is 9.99. The third kappa shape index (κ3) is 2.32. The van der Waals surface area contributed by atoms with Crippen molar-refractivity contribution in [2.75, 3.05) is 7.11 Å². The van der Waals surface area contributed by atoms with Gasteiger partial charge in [0.05, 0.1) is 19.1 Å². The first-order chi connectivity index (χ1) is 9.08. The number of methoxy groups -OCH3 is 1. The van der Waals surface area contributed by atoms with Crippen LogP contribution in [-0.4, -0.2) is 16.7 Å².